The van der Waals surface area contributed by atoms with E-state index in [4.69, 9.17) is 4.74 Å². The molecule has 0 bridgehead atoms. The summed E-state index contributed by atoms with van der Waals surface area (Å²) >= 11 is 0. The Hall–Kier alpha value is -1.01. The van der Waals surface area contributed by atoms with E-state index in [2.05, 4.69) is 9.80 Å². The van der Waals surface area contributed by atoms with Gasteiger partial charge in [-0.15, -0.1) is 0 Å². The number of rotatable bonds is 5. The summed E-state index contributed by atoms with van der Waals surface area (Å²) in [5.74, 6) is -0.311. The molecule has 0 spiro atoms. The molecular formula is C15H23FN2O2. The number of ether oxygens (including phenoxy) is 1. The Bertz CT molecular complexity index is 428. The topological polar surface area (TPSA) is 35.9 Å². The van der Waals surface area contributed by atoms with Gasteiger partial charge in [0, 0.05) is 26.2 Å². The molecule has 5 heteroatoms. The second-order valence-electron chi connectivity index (χ2n) is 5.59. The summed E-state index contributed by atoms with van der Waals surface area (Å²) in [6.45, 7) is 3.65. The second-order valence-corrected chi connectivity index (χ2v) is 5.59. The molecule has 2 unspecified atom stereocenters. The van der Waals surface area contributed by atoms with E-state index in [-0.39, 0.29) is 11.9 Å². The van der Waals surface area contributed by atoms with E-state index in [1.54, 1.807) is 12.1 Å². The number of nitrogens with zero attached hydrogens (tertiary/aromatic N) is 2. The summed E-state index contributed by atoms with van der Waals surface area (Å²) < 4.78 is 18.9. The van der Waals surface area contributed by atoms with E-state index in [1.807, 2.05) is 14.1 Å². The number of likely N-dealkylation sites (N-methyl/N-ethyl adjacent to an activating group) is 1. The van der Waals surface area contributed by atoms with Crippen LogP contribution in [0.25, 0.3) is 0 Å². The van der Waals surface area contributed by atoms with Gasteiger partial charge < -0.3 is 14.7 Å². The largest absolute Gasteiger partial charge is 0.387 e. The lowest BCUT2D eigenvalue weighted by molar-refractivity contribution is -0.0489. The fourth-order valence-corrected chi connectivity index (χ4v) is 2.53. The van der Waals surface area contributed by atoms with E-state index in [0.717, 1.165) is 19.6 Å². The van der Waals surface area contributed by atoms with Gasteiger partial charge in [0.15, 0.2) is 0 Å². The number of halogens is 1. The van der Waals surface area contributed by atoms with Crippen LogP contribution in [0.3, 0.4) is 0 Å². The third-order valence-corrected chi connectivity index (χ3v) is 3.46. The van der Waals surface area contributed by atoms with E-state index in [9.17, 15) is 9.50 Å². The Morgan fingerprint density at radius 3 is 3.00 bits per heavy atom. The number of hydrogen-bond donors (Lipinski definition) is 1. The van der Waals surface area contributed by atoms with Crippen molar-refractivity contribution in [3.05, 3.63) is 35.6 Å². The third kappa shape index (κ3) is 4.52. The highest BCUT2D eigenvalue weighted by Crippen LogP contribution is 2.17. The normalized spacial score (nSPS) is 22.1. The van der Waals surface area contributed by atoms with Gasteiger partial charge in [-0.25, -0.2) is 4.39 Å². The zero-order valence-electron chi connectivity index (χ0n) is 12.1. The quantitative estimate of drug-likeness (QED) is 0.878. The average Bonchev–Trinajstić information content (AvgIpc) is 2.38. The first kappa shape index (κ1) is 15.4. The predicted octanol–water partition coefficient (Wildman–Crippen LogP) is 1.12. The first-order valence-corrected chi connectivity index (χ1v) is 6.97. The Labute approximate surface area is 119 Å². The Balaban J connectivity index is 1.89. The monoisotopic (exact) mass is 282 g/mol. The zero-order valence-corrected chi connectivity index (χ0v) is 12.1. The maximum absolute atomic E-state index is 13.2. The molecule has 1 saturated heterocycles. The molecule has 2 atom stereocenters. The molecule has 0 aromatic heterocycles. The number of benzene rings is 1. The first-order valence-electron chi connectivity index (χ1n) is 6.97. The predicted molar refractivity (Wildman–Crippen MR) is 76.1 cm³/mol. The molecule has 1 heterocycles. The molecular weight excluding hydrogens is 259 g/mol. The maximum atomic E-state index is 13.2. The van der Waals surface area contributed by atoms with Crippen LogP contribution < -0.4 is 0 Å². The fraction of sp³-hybridized carbons (Fsp3) is 0.600. The molecule has 1 aromatic rings. The van der Waals surface area contributed by atoms with Gasteiger partial charge in [0.2, 0.25) is 0 Å². The zero-order chi connectivity index (χ0) is 14.5. The van der Waals surface area contributed by atoms with E-state index in [0.29, 0.717) is 18.7 Å². The van der Waals surface area contributed by atoms with Crippen LogP contribution in [0, 0.1) is 5.82 Å². The van der Waals surface area contributed by atoms with Crippen molar-refractivity contribution in [2.24, 2.45) is 0 Å². The third-order valence-electron chi connectivity index (χ3n) is 3.46. The van der Waals surface area contributed by atoms with Crippen LogP contribution in [0.4, 0.5) is 4.39 Å². The van der Waals surface area contributed by atoms with Gasteiger partial charge in [0.05, 0.1) is 18.8 Å². The van der Waals surface area contributed by atoms with Crippen molar-refractivity contribution in [2.45, 2.75) is 12.2 Å². The molecule has 0 radical (unpaired) electrons. The molecule has 1 aliphatic heterocycles. The Kier molecular flexibility index (Phi) is 5.48. The lowest BCUT2D eigenvalue weighted by Crippen LogP contribution is -2.47. The average molecular weight is 282 g/mol. The molecule has 1 aliphatic rings. The van der Waals surface area contributed by atoms with E-state index in [1.165, 1.54) is 12.1 Å². The number of hydrogen-bond acceptors (Lipinski definition) is 4. The minimum atomic E-state index is -0.663. The van der Waals surface area contributed by atoms with E-state index >= 15 is 0 Å². The maximum Gasteiger partial charge on any atom is 0.123 e. The molecule has 0 aliphatic carbocycles. The lowest BCUT2D eigenvalue weighted by atomic mass is 10.1. The summed E-state index contributed by atoms with van der Waals surface area (Å²) in [6, 6.07) is 6.16. The standard InChI is InChI=1S/C15H23FN2O2/c1-17(2)9-14-10-18(6-7-20-14)11-15(19)12-4-3-5-13(16)8-12/h3-5,8,14-15,19H,6-7,9-11H2,1-2H3. The molecule has 0 saturated carbocycles. The minimum absolute atomic E-state index is 0.165. The van der Waals surface area contributed by atoms with Crippen LogP contribution in [0.15, 0.2) is 24.3 Å². The van der Waals surface area contributed by atoms with Crippen LogP contribution in [0.1, 0.15) is 11.7 Å². The number of morpholine rings is 1. The molecule has 112 valence electrons. The highest BCUT2D eigenvalue weighted by Gasteiger charge is 2.23. The minimum Gasteiger partial charge on any atom is -0.387 e. The summed E-state index contributed by atoms with van der Waals surface area (Å²) in [4.78, 5) is 4.27. The van der Waals surface area contributed by atoms with Gasteiger partial charge in [-0.05, 0) is 31.8 Å². The van der Waals surface area contributed by atoms with Crippen LogP contribution in [-0.4, -0.2) is 67.9 Å². The second kappa shape index (κ2) is 7.13. The molecule has 1 N–H and O–H groups in total. The van der Waals surface area contributed by atoms with Gasteiger partial charge in [-0.2, -0.15) is 0 Å². The van der Waals surface area contributed by atoms with Crippen LogP contribution >= 0.6 is 0 Å². The van der Waals surface area contributed by atoms with Crippen LogP contribution in [0.5, 0.6) is 0 Å². The molecule has 2 rings (SSSR count). The SMILES string of the molecule is CN(C)CC1CN(CC(O)c2cccc(F)c2)CCO1. The summed E-state index contributed by atoms with van der Waals surface area (Å²) in [5, 5.41) is 10.2. The first-order chi connectivity index (χ1) is 9.54. The van der Waals surface area contributed by atoms with Gasteiger partial charge in [-0.1, -0.05) is 12.1 Å². The van der Waals surface area contributed by atoms with E-state index < -0.39 is 6.10 Å². The van der Waals surface area contributed by atoms with Crippen molar-refractivity contribution in [2.75, 3.05) is 46.9 Å². The Morgan fingerprint density at radius 1 is 1.50 bits per heavy atom. The lowest BCUT2D eigenvalue weighted by Gasteiger charge is -2.35. The summed E-state index contributed by atoms with van der Waals surface area (Å²) in [5.41, 5.74) is 0.626. The molecule has 4 nitrogen and oxygen atoms in total. The van der Waals surface area contributed by atoms with Gasteiger partial charge in [-0.3, -0.25) is 4.90 Å². The van der Waals surface area contributed by atoms with Crippen molar-refractivity contribution in [3.8, 4) is 0 Å². The van der Waals surface area contributed by atoms with Crippen LogP contribution in [-0.2, 0) is 4.74 Å². The van der Waals surface area contributed by atoms with Gasteiger partial charge >= 0.3 is 0 Å². The molecule has 20 heavy (non-hydrogen) atoms. The van der Waals surface area contributed by atoms with Gasteiger partial charge in [0.25, 0.3) is 0 Å². The van der Waals surface area contributed by atoms with Crippen molar-refractivity contribution in [3.63, 3.8) is 0 Å². The fourth-order valence-electron chi connectivity index (χ4n) is 2.53. The Morgan fingerprint density at radius 2 is 2.30 bits per heavy atom. The number of aliphatic hydroxyl groups excluding tert-OH is 1. The highest BCUT2D eigenvalue weighted by atomic mass is 19.1. The summed E-state index contributed by atoms with van der Waals surface area (Å²) in [6.07, 6.45) is -0.498. The molecule has 1 aromatic carbocycles. The van der Waals surface area contributed by atoms with Crippen molar-refractivity contribution < 1.29 is 14.2 Å². The van der Waals surface area contributed by atoms with Crippen LogP contribution in [0.2, 0.25) is 0 Å². The smallest absolute Gasteiger partial charge is 0.123 e. The van der Waals surface area contributed by atoms with Crippen molar-refractivity contribution in [1.29, 1.82) is 0 Å². The van der Waals surface area contributed by atoms with Crippen molar-refractivity contribution in [1.82, 2.24) is 9.80 Å². The molecule has 1 fully saturated rings. The highest BCUT2D eigenvalue weighted by molar-refractivity contribution is 5.19. The molecule has 0 amide bonds. The number of aliphatic hydroxyl groups is 1. The van der Waals surface area contributed by atoms with Gasteiger partial charge in [0.1, 0.15) is 5.82 Å². The van der Waals surface area contributed by atoms with Crippen molar-refractivity contribution >= 4 is 0 Å². The number of β-amino-alcohol motifs (C(OH)–C–C–N with tert-alkyl or cyclic N) is 1. The summed E-state index contributed by atoms with van der Waals surface area (Å²) in [7, 11) is 4.04.